The summed E-state index contributed by atoms with van der Waals surface area (Å²) in [6, 6.07) is 17.7. The Labute approximate surface area is 148 Å². The molecule has 132 valence electrons. The number of ether oxygens (including phenoxy) is 1. The zero-order chi connectivity index (χ0) is 17.6. The minimum atomic E-state index is -0.201. The van der Waals surface area contributed by atoms with Crippen LogP contribution in [-0.4, -0.2) is 23.2 Å². The molecule has 0 unspecified atom stereocenters. The van der Waals surface area contributed by atoms with E-state index >= 15 is 0 Å². The van der Waals surface area contributed by atoms with Gasteiger partial charge in [-0.25, -0.2) is 0 Å². The fourth-order valence-electron chi connectivity index (χ4n) is 3.54. The highest BCUT2D eigenvalue weighted by molar-refractivity contribution is 5.73. The van der Waals surface area contributed by atoms with Crippen molar-refractivity contribution >= 4 is 5.91 Å². The van der Waals surface area contributed by atoms with E-state index in [1.165, 1.54) is 5.56 Å². The average Bonchev–Trinajstić information content (AvgIpc) is 2.60. The van der Waals surface area contributed by atoms with E-state index in [9.17, 15) is 9.90 Å². The van der Waals surface area contributed by atoms with Crippen LogP contribution >= 0.6 is 0 Å². The smallest absolute Gasteiger partial charge is 0.217 e. The second kappa shape index (κ2) is 8.17. The Hall–Kier alpha value is -2.33. The number of benzene rings is 2. The average molecular weight is 339 g/mol. The quantitative estimate of drug-likeness (QED) is 0.872. The molecule has 1 aliphatic rings. The van der Waals surface area contributed by atoms with Crippen LogP contribution < -0.4 is 5.32 Å². The van der Waals surface area contributed by atoms with Crippen LogP contribution in [0.1, 0.15) is 43.4 Å². The molecule has 3 rings (SSSR count). The minimum absolute atomic E-state index is 0.0234. The largest absolute Gasteiger partial charge is 0.508 e. The number of phenolic OH excluding ortho intramolecular Hbond substituents is 1. The third-order valence-corrected chi connectivity index (χ3v) is 4.69. The molecule has 0 aromatic heterocycles. The second-order valence-corrected chi connectivity index (χ2v) is 6.70. The van der Waals surface area contributed by atoms with Gasteiger partial charge in [0.25, 0.3) is 0 Å². The highest BCUT2D eigenvalue weighted by Gasteiger charge is 2.31. The highest BCUT2D eigenvalue weighted by atomic mass is 16.5. The van der Waals surface area contributed by atoms with Crippen molar-refractivity contribution in [2.24, 2.45) is 0 Å². The summed E-state index contributed by atoms with van der Waals surface area (Å²) in [7, 11) is 0. The molecule has 1 aliphatic heterocycles. The van der Waals surface area contributed by atoms with Crippen LogP contribution in [0.2, 0.25) is 0 Å². The third-order valence-electron chi connectivity index (χ3n) is 4.69. The number of aromatic hydroxyl groups is 1. The first-order valence-electron chi connectivity index (χ1n) is 8.86. The van der Waals surface area contributed by atoms with Crippen molar-refractivity contribution < 1.29 is 14.6 Å². The summed E-state index contributed by atoms with van der Waals surface area (Å²) in [6.07, 6.45) is 3.16. The third kappa shape index (κ3) is 4.83. The maximum absolute atomic E-state index is 11.5. The number of carbonyl (C=O) groups is 1. The van der Waals surface area contributed by atoms with Crippen molar-refractivity contribution in [2.45, 2.75) is 50.9 Å². The van der Waals surface area contributed by atoms with Crippen molar-refractivity contribution in [2.75, 3.05) is 0 Å². The predicted molar refractivity (Wildman–Crippen MR) is 97.3 cm³/mol. The summed E-state index contributed by atoms with van der Waals surface area (Å²) in [5.41, 5.74) is 2.08. The summed E-state index contributed by atoms with van der Waals surface area (Å²) in [5, 5.41) is 13.2. The van der Waals surface area contributed by atoms with Gasteiger partial charge in [0.05, 0.1) is 12.2 Å². The number of nitrogens with one attached hydrogen (secondary N) is 1. The molecule has 2 N–H and O–H groups in total. The molecule has 0 aliphatic carbocycles. The summed E-state index contributed by atoms with van der Waals surface area (Å²) in [4.78, 5) is 11.5. The van der Waals surface area contributed by atoms with Crippen molar-refractivity contribution in [3.63, 3.8) is 0 Å². The van der Waals surface area contributed by atoms with Crippen LogP contribution in [-0.2, 0) is 16.0 Å². The number of phenols is 1. The van der Waals surface area contributed by atoms with Gasteiger partial charge in [-0.3, -0.25) is 4.79 Å². The molecule has 2 aromatic carbocycles. The zero-order valence-electron chi connectivity index (χ0n) is 14.5. The van der Waals surface area contributed by atoms with E-state index < -0.39 is 0 Å². The Kier molecular flexibility index (Phi) is 5.71. The number of aryl methyl sites for hydroxylation is 1. The van der Waals surface area contributed by atoms with Gasteiger partial charge >= 0.3 is 0 Å². The van der Waals surface area contributed by atoms with Crippen LogP contribution in [0.3, 0.4) is 0 Å². The molecule has 0 spiro atoms. The molecule has 25 heavy (non-hydrogen) atoms. The van der Waals surface area contributed by atoms with E-state index in [0.29, 0.717) is 6.42 Å². The van der Waals surface area contributed by atoms with Gasteiger partial charge in [-0.2, -0.15) is 0 Å². The fraction of sp³-hybridized carbons (Fsp3) is 0.381. The molecule has 1 heterocycles. The molecule has 1 fully saturated rings. The Morgan fingerprint density at radius 2 is 1.84 bits per heavy atom. The molecule has 0 saturated carbocycles. The van der Waals surface area contributed by atoms with Crippen molar-refractivity contribution in [1.82, 2.24) is 5.32 Å². The number of hydrogen-bond acceptors (Lipinski definition) is 3. The number of amides is 1. The van der Waals surface area contributed by atoms with Crippen LogP contribution in [0.25, 0.3) is 0 Å². The molecule has 0 bridgehead atoms. The summed E-state index contributed by atoms with van der Waals surface area (Å²) in [5.74, 6) is 0.225. The van der Waals surface area contributed by atoms with Crippen LogP contribution in [0, 0.1) is 0 Å². The summed E-state index contributed by atoms with van der Waals surface area (Å²) in [6.45, 7) is 1.55. The molecular formula is C21H25NO3. The lowest BCUT2D eigenvalue weighted by Crippen LogP contribution is -2.42. The van der Waals surface area contributed by atoms with Gasteiger partial charge in [-0.1, -0.05) is 48.5 Å². The van der Waals surface area contributed by atoms with Crippen LogP contribution in [0.15, 0.2) is 54.6 Å². The molecule has 4 nitrogen and oxygen atoms in total. The van der Waals surface area contributed by atoms with E-state index in [0.717, 1.165) is 24.8 Å². The molecule has 4 heteroatoms. The van der Waals surface area contributed by atoms with E-state index in [4.69, 9.17) is 4.74 Å². The van der Waals surface area contributed by atoms with E-state index in [2.05, 4.69) is 17.4 Å². The van der Waals surface area contributed by atoms with Gasteiger partial charge in [0.1, 0.15) is 5.75 Å². The SMILES string of the molecule is CC(=O)N[C@@H]1C[C@H](CCc2ccccc2)O[C@H](c2ccccc2O)C1. The Morgan fingerprint density at radius 3 is 2.56 bits per heavy atom. The topological polar surface area (TPSA) is 58.6 Å². The van der Waals surface area contributed by atoms with Crippen LogP contribution in [0.4, 0.5) is 0 Å². The molecule has 0 radical (unpaired) electrons. The summed E-state index contributed by atoms with van der Waals surface area (Å²) < 4.78 is 6.28. The number of para-hydroxylation sites is 1. The van der Waals surface area contributed by atoms with E-state index in [-0.39, 0.29) is 29.9 Å². The number of rotatable bonds is 5. The Morgan fingerprint density at radius 1 is 1.12 bits per heavy atom. The lowest BCUT2D eigenvalue weighted by atomic mass is 9.91. The standard InChI is InChI=1S/C21H25NO3/c1-15(23)22-17-13-18(12-11-16-7-3-2-4-8-16)25-21(14-17)19-9-5-6-10-20(19)24/h2-10,17-18,21,24H,11-14H2,1H3,(H,22,23)/t17-,18+,21+/m1/s1. The lowest BCUT2D eigenvalue weighted by molar-refractivity contribution is -0.122. The summed E-state index contributed by atoms with van der Waals surface area (Å²) >= 11 is 0. The Bertz CT molecular complexity index is 701. The second-order valence-electron chi connectivity index (χ2n) is 6.70. The Balaban J connectivity index is 1.71. The first-order chi connectivity index (χ1) is 12.1. The van der Waals surface area contributed by atoms with E-state index in [1.807, 2.05) is 30.3 Å². The van der Waals surface area contributed by atoms with Gasteiger partial charge in [-0.15, -0.1) is 0 Å². The highest BCUT2D eigenvalue weighted by Crippen LogP contribution is 2.36. The molecular weight excluding hydrogens is 314 g/mol. The fourth-order valence-corrected chi connectivity index (χ4v) is 3.54. The first kappa shape index (κ1) is 17.5. The van der Waals surface area contributed by atoms with Gasteiger partial charge in [-0.05, 0) is 37.3 Å². The molecule has 1 amide bonds. The lowest BCUT2D eigenvalue weighted by Gasteiger charge is -2.36. The van der Waals surface area contributed by atoms with Gasteiger partial charge in [0.2, 0.25) is 5.91 Å². The number of hydrogen-bond donors (Lipinski definition) is 2. The molecule has 1 saturated heterocycles. The molecule has 2 aromatic rings. The molecule has 3 atom stereocenters. The monoisotopic (exact) mass is 339 g/mol. The van der Waals surface area contributed by atoms with Crippen LogP contribution in [0.5, 0.6) is 5.75 Å². The van der Waals surface area contributed by atoms with Gasteiger partial charge in [0.15, 0.2) is 0 Å². The van der Waals surface area contributed by atoms with Gasteiger partial charge in [0, 0.05) is 18.5 Å². The van der Waals surface area contributed by atoms with E-state index in [1.54, 1.807) is 19.1 Å². The first-order valence-corrected chi connectivity index (χ1v) is 8.86. The normalized spacial score (nSPS) is 23.2. The van der Waals surface area contributed by atoms with Gasteiger partial charge < -0.3 is 15.2 Å². The predicted octanol–water partition coefficient (Wildman–Crippen LogP) is 3.75. The van der Waals surface area contributed by atoms with Crippen molar-refractivity contribution in [3.05, 3.63) is 65.7 Å². The van der Waals surface area contributed by atoms with Crippen molar-refractivity contribution in [3.8, 4) is 5.75 Å². The minimum Gasteiger partial charge on any atom is -0.508 e. The maximum atomic E-state index is 11.5. The zero-order valence-corrected chi connectivity index (χ0v) is 14.5. The maximum Gasteiger partial charge on any atom is 0.217 e. The number of carbonyl (C=O) groups excluding carboxylic acids is 1. The van der Waals surface area contributed by atoms with Crippen molar-refractivity contribution in [1.29, 1.82) is 0 Å².